The van der Waals surface area contributed by atoms with E-state index in [0.717, 1.165) is 32.6 Å². The molecule has 96 valence electrons. The van der Waals surface area contributed by atoms with Crippen molar-refractivity contribution in [3.05, 3.63) is 35.4 Å². The molecule has 2 aliphatic rings. The topological polar surface area (TPSA) is 58.4 Å². The molecule has 0 aromatic heterocycles. The lowest BCUT2D eigenvalue weighted by Crippen LogP contribution is -2.39. The first kappa shape index (κ1) is 11.7. The highest BCUT2D eigenvalue weighted by atomic mass is 16.1. The Morgan fingerprint density at radius 1 is 1.39 bits per heavy atom. The van der Waals surface area contributed by atoms with Gasteiger partial charge >= 0.3 is 0 Å². The fourth-order valence-electron chi connectivity index (χ4n) is 3.10. The Kier molecular flexibility index (Phi) is 3.06. The zero-order valence-corrected chi connectivity index (χ0v) is 10.4. The Labute approximate surface area is 107 Å². The number of nitrogens with zero attached hydrogens (tertiary/aromatic N) is 1. The van der Waals surface area contributed by atoms with Crippen LogP contribution in [0.15, 0.2) is 24.3 Å². The van der Waals surface area contributed by atoms with Gasteiger partial charge in [-0.25, -0.2) is 0 Å². The van der Waals surface area contributed by atoms with Crippen LogP contribution in [-0.4, -0.2) is 30.4 Å². The van der Waals surface area contributed by atoms with E-state index in [1.165, 1.54) is 11.1 Å². The third-order valence-corrected chi connectivity index (χ3v) is 4.13. The molecule has 4 nitrogen and oxygen atoms in total. The van der Waals surface area contributed by atoms with Gasteiger partial charge in [-0.15, -0.1) is 0 Å². The molecule has 1 fully saturated rings. The zero-order valence-electron chi connectivity index (χ0n) is 10.4. The van der Waals surface area contributed by atoms with Crippen molar-refractivity contribution in [1.82, 2.24) is 10.2 Å². The molecule has 0 saturated carbocycles. The van der Waals surface area contributed by atoms with E-state index in [1.54, 1.807) is 0 Å². The molecule has 2 aliphatic heterocycles. The monoisotopic (exact) mass is 245 g/mol. The SMILES string of the molecule is NC(=O)C1CCN(C2CNCc3ccccc32)C1. The van der Waals surface area contributed by atoms with Crippen LogP contribution in [0.2, 0.25) is 0 Å². The standard InChI is InChI=1S/C14H19N3O/c15-14(18)11-5-6-17(9-11)13-8-16-7-10-3-1-2-4-12(10)13/h1-4,11,13,16H,5-9H2,(H2,15,18). The van der Waals surface area contributed by atoms with Crippen LogP contribution in [0.25, 0.3) is 0 Å². The van der Waals surface area contributed by atoms with Crippen molar-refractivity contribution in [2.75, 3.05) is 19.6 Å². The predicted molar refractivity (Wildman–Crippen MR) is 69.8 cm³/mol. The van der Waals surface area contributed by atoms with Gasteiger partial charge in [-0.3, -0.25) is 9.69 Å². The number of hydrogen-bond donors (Lipinski definition) is 2. The van der Waals surface area contributed by atoms with Gasteiger partial charge in [0, 0.05) is 25.7 Å². The van der Waals surface area contributed by atoms with Crippen LogP contribution < -0.4 is 11.1 Å². The summed E-state index contributed by atoms with van der Waals surface area (Å²) < 4.78 is 0. The number of carbonyl (C=O) groups excluding carboxylic acids is 1. The normalized spacial score (nSPS) is 28.0. The second-order valence-corrected chi connectivity index (χ2v) is 5.23. The molecule has 0 bridgehead atoms. The molecule has 0 radical (unpaired) electrons. The minimum Gasteiger partial charge on any atom is -0.369 e. The number of likely N-dealkylation sites (tertiary alicyclic amines) is 1. The van der Waals surface area contributed by atoms with Crippen molar-refractivity contribution < 1.29 is 4.79 Å². The fraction of sp³-hybridized carbons (Fsp3) is 0.500. The summed E-state index contributed by atoms with van der Waals surface area (Å²) >= 11 is 0. The Balaban J connectivity index is 1.80. The van der Waals surface area contributed by atoms with Crippen LogP contribution in [0.3, 0.4) is 0 Å². The Bertz CT molecular complexity index is 460. The number of rotatable bonds is 2. The highest BCUT2D eigenvalue weighted by molar-refractivity contribution is 5.77. The number of nitrogens with two attached hydrogens (primary N) is 1. The van der Waals surface area contributed by atoms with E-state index in [1.807, 2.05) is 0 Å². The van der Waals surface area contributed by atoms with Crippen molar-refractivity contribution in [2.45, 2.75) is 19.0 Å². The number of primary amides is 1. The minimum atomic E-state index is -0.158. The van der Waals surface area contributed by atoms with E-state index in [0.29, 0.717) is 6.04 Å². The maximum Gasteiger partial charge on any atom is 0.221 e. The highest BCUT2D eigenvalue weighted by Crippen LogP contribution is 2.31. The largest absolute Gasteiger partial charge is 0.369 e. The molecule has 3 N–H and O–H groups in total. The van der Waals surface area contributed by atoms with Gasteiger partial charge in [-0.05, 0) is 24.1 Å². The van der Waals surface area contributed by atoms with E-state index in [2.05, 4.69) is 34.5 Å². The average Bonchev–Trinajstić information content (AvgIpc) is 2.87. The third kappa shape index (κ3) is 2.02. The molecule has 1 amide bonds. The van der Waals surface area contributed by atoms with Crippen LogP contribution >= 0.6 is 0 Å². The van der Waals surface area contributed by atoms with Gasteiger partial charge < -0.3 is 11.1 Å². The minimum absolute atomic E-state index is 0.0269. The molecular formula is C14H19N3O. The van der Waals surface area contributed by atoms with Gasteiger partial charge in [-0.1, -0.05) is 24.3 Å². The van der Waals surface area contributed by atoms with Gasteiger partial charge in [0.05, 0.1) is 5.92 Å². The second kappa shape index (κ2) is 4.71. The first-order chi connectivity index (χ1) is 8.75. The molecular weight excluding hydrogens is 226 g/mol. The smallest absolute Gasteiger partial charge is 0.221 e. The Morgan fingerprint density at radius 3 is 3.00 bits per heavy atom. The van der Waals surface area contributed by atoms with Gasteiger partial charge in [-0.2, -0.15) is 0 Å². The number of nitrogens with one attached hydrogen (secondary N) is 1. The number of amides is 1. The molecule has 3 rings (SSSR count). The molecule has 0 aliphatic carbocycles. The van der Waals surface area contributed by atoms with Crippen LogP contribution in [0.5, 0.6) is 0 Å². The molecule has 18 heavy (non-hydrogen) atoms. The summed E-state index contributed by atoms with van der Waals surface area (Å²) in [5.74, 6) is -0.131. The van der Waals surface area contributed by atoms with Crippen LogP contribution in [0.4, 0.5) is 0 Å². The molecule has 1 saturated heterocycles. The quantitative estimate of drug-likeness (QED) is 0.804. The Morgan fingerprint density at radius 2 is 2.22 bits per heavy atom. The third-order valence-electron chi connectivity index (χ3n) is 4.13. The molecule has 4 heteroatoms. The van der Waals surface area contributed by atoms with Gasteiger partial charge in [0.1, 0.15) is 0 Å². The van der Waals surface area contributed by atoms with Gasteiger partial charge in [0.25, 0.3) is 0 Å². The van der Waals surface area contributed by atoms with Crippen molar-refractivity contribution in [1.29, 1.82) is 0 Å². The summed E-state index contributed by atoms with van der Waals surface area (Å²) in [5, 5.41) is 3.45. The van der Waals surface area contributed by atoms with Gasteiger partial charge in [0.2, 0.25) is 5.91 Å². The lowest BCUT2D eigenvalue weighted by Gasteiger charge is -2.33. The molecule has 1 aromatic rings. The van der Waals surface area contributed by atoms with Crippen molar-refractivity contribution >= 4 is 5.91 Å². The summed E-state index contributed by atoms with van der Waals surface area (Å²) in [7, 11) is 0. The maximum atomic E-state index is 11.3. The Hall–Kier alpha value is -1.39. The van der Waals surface area contributed by atoms with E-state index < -0.39 is 0 Å². The van der Waals surface area contributed by atoms with E-state index >= 15 is 0 Å². The lowest BCUT2D eigenvalue weighted by atomic mass is 9.96. The second-order valence-electron chi connectivity index (χ2n) is 5.23. The van der Waals surface area contributed by atoms with Crippen molar-refractivity contribution in [3.8, 4) is 0 Å². The maximum absolute atomic E-state index is 11.3. The summed E-state index contributed by atoms with van der Waals surface area (Å²) in [6, 6.07) is 8.95. The van der Waals surface area contributed by atoms with E-state index in [-0.39, 0.29) is 11.8 Å². The predicted octanol–water partition coefficient (Wildman–Crippen LogP) is 0.638. The van der Waals surface area contributed by atoms with Crippen LogP contribution in [0, 0.1) is 5.92 Å². The highest BCUT2D eigenvalue weighted by Gasteiger charge is 2.33. The first-order valence-corrected chi connectivity index (χ1v) is 6.57. The number of hydrogen-bond acceptors (Lipinski definition) is 3. The molecule has 2 atom stereocenters. The van der Waals surface area contributed by atoms with Crippen molar-refractivity contribution in [3.63, 3.8) is 0 Å². The fourth-order valence-corrected chi connectivity index (χ4v) is 3.10. The molecule has 2 heterocycles. The zero-order chi connectivity index (χ0) is 12.5. The molecule has 1 aromatic carbocycles. The molecule has 2 unspecified atom stereocenters. The van der Waals surface area contributed by atoms with E-state index in [9.17, 15) is 4.79 Å². The average molecular weight is 245 g/mol. The van der Waals surface area contributed by atoms with Gasteiger partial charge in [0.15, 0.2) is 0 Å². The van der Waals surface area contributed by atoms with E-state index in [4.69, 9.17) is 5.73 Å². The summed E-state index contributed by atoms with van der Waals surface area (Å²) in [5.41, 5.74) is 8.18. The van der Waals surface area contributed by atoms with Crippen molar-refractivity contribution in [2.24, 2.45) is 11.7 Å². The number of benzene rings is 1. The molecule has 0 spiro atoms. The van der Waals surface area contributed by atoms with Crippen LogP contribution in [-0.2, 0) is 11.3 Å². The number of fused-ring (bicyclic) bond motifs is 1. The lowest BCUT2D eigenvalue weighted by molar-refractivity contribution is -0.121. The van der Waals surface area contributed by atoms with Crippen LogP contribution in [0.1, 0.15) is 23.6 Å². The summed E-state index contributed by atoms with van der Waals surface area (Å²) in [6.45, 7) is 3.67. The summed E-state index contributed by atoms with van der Waals surface area (Å²) in [4.78, 5) is 13.6. The summed E-state index contributed by atoms with van der Waals surface area (Å²) in [6.07, 6.45) is 0.897. The number of carbonyl (C=O) groups is 1. The first-order valence-electron chi connectivity index (χ1n) is 6.57.